The third-order valence-electron chi connectivity index (χ3n) is 3.70. The molecule has 1 rings (SSSR count). The molecular formula is C18H29N3O3. The average Bonchev–Trinajstić information content (AvgIpc) is 2.46. The maximum atomic E-state index is 12.0. The highest BCUT2D eigenvalue weighted by Gasteiger charge is 2.21. The Hall–Kier alpha value is -2.08. The molecule has 0 spiro atoms. The zero-order valence-electron chi connectivity index (χ0n) is 15.2. The number of anilines is 2. The summed E-state index contributed by atoms with van der Waals surface area (Å²) in [6, 6.07) is 4.89. The maximum absolute atomic E-state index is 12.0. The number of hydrogen-bond donors (Lipinski definition) is 4. The van der Waals surface area contributed by atoms with Crippen molar-refractivity contribution in [2.75, 3.05) is 17.2 Å². The summed E-state index contributed by atoms with van der Waals surface area (Å²) in [5.74, 6) is 0.339. The van der Waals surface area contributed by atoms with E-state index in [1.165, 1.54) is 6.92 Å². The Morgan fingerprint density at radius 2 is 1.92 bits per heavy atom. The first-order valence-electron chi connectivity index (χ1n) is 8.24. The highest BCUT2D eigenvalue weighted by atomic mass is 16.3. The highest BCUT2D eigenvalue weighted by Crippen LogP contribution is 2.20. The fourth-order valence-corrected chi connectivity index (χ4v) is 2.16. The molecule has 1 atom stereocenters. The molecule has 0 radical (unpaired) electrons. The zero-order chi connectivity index (χ0) is 18.3. The summed E-state index contributed by atoms with van der Waals surface area (Å²) in [7, 11) is 0. The number of urea groups is 1. The molecule has 1 aromatic carbocycles. The fourth-order valence-electron chi connectivity index (χ4n) is 2.16. The SMILES string of the molecule is CC(=O)Nc1cc(NC(=O)NC[C@@](C)(O)CCC(C)C)ccc1C. The predicted octanol–water partition coefficient (Wildman–Crippen LogP) is 3.26. The number of carbonyl (C=O) groups excluding carboxylic acids is 2. The van der Waals surface area contributed by atoms with Crippen molar-refractivity contribution < 1.29 is 14.7 Å². The average molecular weight is 335 g/mol. The lowest BCUT2D eigenvalue weighted by molar-refractivity contribution is -0.114. The van der Waals surface area contributed by atoms with E-state index in [4.69, 9.17) is 0 Å². The summed E-state index contributed by atoms with van der Waals surface area (Å²) in [4.78, 5) is 23.2. The number of rotatable bonds is 7. The van der Waals surface area contributed by atoms with Gasteiger partial charge in [0.05, 0.1) is 5.60 Å². The van der Waals surface area contributed by atoms with Crippen LogP contribution in [-0.4, -0.2) is 29.2 Å². The van der Waals surface area contributed by atoms with Crippen LogP contribution in [0.2, 0.25) is 0 Å². The van der Waals surface area contributed by atoms with E-state index in [9.17, 15) is 14.7 Å². The van der Waals surface area contributed by atoms with Crippen molar-refractivity contribution in [2.45, 2.75) is 53.1 Å². The summed E-state index contributed by atoms with van der Waals surface area (Å²) in [6.07, 6.45) is 1.52. The van der Waals surface area contributed by atoms with Crippen LogP contribution in [0.15, 0.2) is 18.2 Å². The molecule has 0 aliphatic heterocycles. The molecule has 0 unspecified atom stereocenters. The Labute approximate surface area is 144 Å². The van der Waals surface area contributed by atoms with Crippen LogP contribution in [0.5, 0.6) is 0 Å². The fraction of sp³-hybridized carbons (Fsp3) is 0.556. The van der Waals surface area contributed by atoms with Gasteiger partial charge < -0.3 is 21.1 Å². The molecule has 0 aliphatic carbocycles. The zero-order valence-corrected chi connectivity index (χ0v) is 15.2. The van der Waals surface area contributed by atoms with Crippen LogP contribution >= 0.6 is 0 Å². The first-order valence-corrected chi connectivity index (χ1v) is 8.24. The molecule has 0 bridgehead atoms. The lowest BCUT2D eigenvalue weighted by Crippen LogP contribution is -2.42. The van der Waals surface area contributed by atoms with Crippen LogP contribution in [0.4, 0.5) is 16.2 Å². The first-order chi connectivity index (χ1) is 11.1. The smallest absolute Gasteiger partial charge is 0.319 e. The van der Waals surface area contributed by atoms with Crippen molar-refractivity contribution in [2.24, 2.45) is 5.92 Å². The van der Waals surface area contributed by atoms with Crippen molar-refractivity contribution in [3.8, 4) is 0 Å². The third-order valence-corrected chi connectivity index (χ3v) is 3.70. The van der Waals surface area contributed by atoms with E-state index in [0.717, 1.165) is 12.0 Å². The Balaban J connectivity index is 2.57. The standard InChI is InChI=1S/C18H29N3O3/c1-12(2)8-9-18(5,24)11-19-17(23)21-15-7-6-13(3)16(10-15)20-14(4)22/h6-7,10,12,24H,8-9,11H2,1-5H3,(H,20,22)(H2,19,21,23)/t18-/m0/s1. The second kappa shape index (κ2) is 8.68. The third kappa shape index (κ3) is 7.46. The van der Waals surface area contributed by atoms with E-state index >= 15 is 0 Å². The second-order valence-electron chi connectivity index (χ2n) is 6.95. The van der Waals surface area contributed by atoms with E-state index in [1.807, 2.05) is 13.0 Å². The number of aryl methyl sites for hydroxylation is 1. The van der Waals surface area contributed by atoms with Crippen molar-refractivity contribution >= 4 is 23.3 Å². The van der Waals surface area contributed by atoms with E-state index < -0.39 is 11.6 Å². The monoisotopic (exact) mass is 335 g/mol. The van der Waals surface area contributed by atoms with Gasteiger partial charge in [0.25, 0.3) is 0 Å². The van der Waals surface area contributed by atoms with E-state index in [1.54, 1.807) is 19.1 Å². The Bertz CT molecular complexity index is 583. The molecule has 4 N–H and O–H groups in total. The van der Waals surface area contributed by atoms with Crippen molar-refractivity contribution in [1.29, 1.82) is 0 Å². The van der Waals surface area contributed by atoms with Crippen LogP contribution in [-0.2, 0) is 4.79 Å². The number of hydrogen-bond acceptors (Lipinski definition) is 3. The van der Waals surface area contributed by atoms with Gasteiger partial charge in [-0.15, -0.1) is 0 Å². The minimum absolute atomic E-state index is 0.166. The summed E-state index contributed by atoms with van der Waals surface area (Å²) in [5.41, 5.74) is 1.21. The largest absolute Gasteiger partial charge is 0.388 e. The quantitative estimate of drug-likeness (QED) is 0.616. The van der Waals surface area contributed by atoms with E-state index in [2.05, 4.69) is 29.8 Å². The molecule has 0 saturated carbocycles. The van der Waals surface area contributed by atoms with Gasteiger partial charge in [-0.05, 0) is 50.3 Å². The highest BCUT2D eigenvalue weighted by molar-refractivity contribution is 5.93. The van der Waals surface area contributed by atoms with Gasteiger partial charge in [-0.25, -0.2) is 4.79 Å². The van der Waals surface area contributed by atoms with Gasteiger partial charge in [-0.3, -0.25) is 4.79 Å². The molecule has 6 heteroatoms. The van der Waals surface area contributed by atoms with E-state index in [0.29, 0.717) is 23.7 Å². The van der Waals surface area contributed by atoms with Gasteiger partial charge in [-0.2, -0.15) is 0 Å². The Morgan fingerprint density at radius 3 is 2.50 bits per heavy atom. The Morgan fingerprint density at radius 1 is 1.25 bits per heavy atom. The first kappa shape index (κ1) is 20.0. The summed E-state index contributed by atoms with van der Waals surface area (Å²) in [5, 5.41) is 18.4. The normalized spacial score (nSPS) is 13.3. The topological polar surface area (TPSA) is 90.5 Å². The van der Waals surface area contributed by atoms with Gasteiger partial charge in [0.2, 0.25) is 5.91 Å². The Kier molecular flexibility index (Phi) is 7.22. The van der Waals surface area contributed by atoms with Crippen LogP contribution < -0.4 is 16.0 Å². The lowest BCUT2D eigenvalue weighted by Gasteiger charge is -2.24. The van der Waals surface area contributed by atoms with Crippen molar-refractivity contribution in [3.63, 3.8) is 0 Å². The van der Waals surface area contributed by atoms with Crippen LogP contribution in [0.3, 0.4) is 0 Å². The van der Waals surface area contributed by atoms with E-state index in [-0.39, 0.29) is 12.5 Å². The molecule has 134 valence electrons. The molecule has 0 aliphatic rings. The molecule has 6 nitrogen and oxygen atoms in total. The minimum Gasteiger partial charge on any atom is -0.388 e. The van der Waals surface area contributed by atoms with Gasteiger partial charge in [0.1, 0.15) is 0 Å². The molecular weight excluding hydrogens is 306 g/mol. The number of aliphatic hydroxyl groups is 1. The van der Waals surface area contributed by atoms with Crippen LogP contribution in [0, 0.1) is 12.8 Å². The minimum atomic E-state index is -0.934. The maximum Gasteiger partial charge on any atom is 0.319 e. The molecule has 0 fully saturated rings. The second-order valence-corrected chi connectivity index (χ2v) is 6.95. The number of carbonyl (C=O) groups is 2. The van der Waals surface area contributed by atoms with Gasteiger partial charge in [-0.1, -0.05) is 19.9 Å². The van der Waals surface area contributed by atoms with Crippen LogP contribution in [0.1, 0.15) is 46.1 Å². The van der Waals surface area contributed by atoms with Crippen molar-refractivity contribution in [3.05, 3.63) is 23.8 Å². The lowest BCUT2D eigenvalue weighted by atomic mass is 9.95. The predicted molar refractivity (Wildman–Crippen MR) is 97.2 cm³/mol. The molecule has 0 saturated heterocycles. The van der Waals surface area contributed by atoms with Crippen molar-refractivity contribution in [1.82, 2.24) is 5.32 Å². The number of nitrogens with one attached hydrogen (secondary N) is 3. The van der Waals surface area contributed by atoms with Gasteiger partial charge in [0.15, 0.2) is 0 Å². The summed E-state index contributed by atoms with van der Waals surface area (Å²) >= 11 is 0. The summed E-state index contributed by atoms with van der Waals surface area (Å²) in [6.45, 7) is 9.40. The van der Waals surface area contributed by atoms with Gasteiger partial charge in [0, 0.05) is 24.8 Å². The molecule has 24 heavy (non-hydrogen) atoms. The summed E-state index contributed by atoms with van der Waals surface area (Å²) < 4.78 is 0. The molecule has 1 aromatic rings. The number of amides is 3. The van der Waals surface area contributed by atoms with Crippen LogP contribution in [0.25, 0.3) is 0 Å². The molecule has 0 heterocycles. The van der Waals surface area contributed by atoms with Gasteiger partial charge >= 0.3 is 6.03 Å². The number of benzene rings is 1. The molecule has 0 aromatic heterocycles. The molecule has 3 amide bonds.